The van der Waals surface area contributed by atoms with Gasteiger partial charge in [-0.25, -0.2) is 18.4 Å². The van der Waals surface area contributed by atoms with Crippen molar-refractivity contribution in [2.24, 2.45) is 4.99 Å². The normalized spacial score (nSPS) is 17.7. The lowest BCUT2D eigenvalue weighted by Gasteiger charge is -2.25. The number of guanidine groups is 1. The van der Waals surface area contributed by atoms with Gasteiger partial charge in [-0.1, -0.05) is 13.0 Å². The molecule has 0 spiro atoms. The minimum atomic E-state index is -0.574. The molecule has 29 heavy (non-hydrogen) atoms. The lowest BCUT2D eigenvalue weighted by Crippen LogP contribution is -2.47. The van der Waals surface area contributed by atoms with Gasteiger partial charge in [-0.2, -0.15) is 5.10 Å². The summed E-state index contributed by atoms with van der Waals surface area (Å²) in [5.41, 5.74) is 0.460. The monoisotopic (exact) mass is 406 g/mol. The first-order valence-electron chi connectivity index (χ1n) is 9.91. The van der Waals surface area contributed by atoms with Crippen molar-refractivity contribution >= 4 is 5.96 Å². The van der Waals surface area contributed by atoms with Crippen LogP contribution in [0.25, 0.3) is 0 Å². The molecule has 2 N–H and O–H groups in total. The number of halogens is 2. The van der Waals surface area contributed by atoms with E-state index < -0.39 is 11.6 Å². The maximum Gasteiger partial charge on any atom is 0.191 e. The highest BCUT2D eigenvalue weighted by atomic mass is 19.1. The van der Waals surface area contributed by atoms with Crippen LogP contribution in [0.1, 0.15) is 43.4 Å². The van der Waals surface area contributed by atoms with Crippen LogP contribution in [0.2, 0.25) is 0 Å². The van der Waals surface area contributed by atoms with Gasteiger partial charge < -0.3 is 15.4 Å². The fraction of sp³-hybridized carbons (Fsp3) is 0.550. The molecule has 1 aliphatic rings. The van der Waals surface area contributed by atoms with Gasteiger partial charge in [0, 0.05) is 44.6 Å². The van der Waals surface area contributed by atoms with E-state index in [2.05, 4.69) is 25.7 Å². The quantitative estimate of drug-likeness (QED) is 0.545. The van der Waals surface area contributed by atoms with Crippen molar-refractivity contribution in [3.8, 4) is 0 Å². The van der Waals surface area contributed by atoms with Crippen LogP contribution in [0.4, 0.5) is 8.78 Å². The molecular weight excluding hydrogens is 378 g/mol. The van der Waals surface area contributed by atoms with Crippen LogP contribution in [0.3, 0.4) is 0 Å². The van der Waals surface area contributed by atoms with E-state index in [1.54, 1.807) is 7.11 Å². The topological polar surface area (TPSA) is 76.4 Å². The Kier molecular flexibility index (Phi) is 7.13. The van der Waals surface area contributed by atoms with Gasteiger partial charge in [0.25, 0.3) is 0 Å². The second-order valence-corrected chi connectivity index (χ2v) is 7.23. The first-order chi connectivity index (χ1) is 14.0. The molecular formula is C20H28F2N6O. The van der Waals surface area contributed by atoms with Crippen LogP contribution in [0.15, 0.2) is 23.2 Å². The van der Waals surface area contributed by atoms with E-state index >= 15 is 0 Å². The molecule has 2 atom stereocenters. The highest BCUT2D eigenvalue weighted by Gasteiger charge is 2.22. The molecule has 1 aromatic heterocycles. The molecule has 3 rings (SSSR count). The Morgan fingerprint density at radius 3 is 2.97 bits per heavy atom. The zero-order chi connectivity index (χ0) is 20.8. The van der Waals surface area contributed by atoms with Crippen LogP contribution in [-0.2, 0) is 24.3 Å². The van der Waals surface area contributed by atoms with Gasteiger partial charge in [-0.15, -0.1) is 0 Å². The third-order valence-corrected chi connectivity index (χ3v) is 4.88. The summed E-state index contributed by atoms with van der Waals surface area (Å²) in [5.74, 6) is 1.05. The Morgan fingerprint density at radius 2 is 2.24 bits per heavy atom. The van der Waals surface area contributed by atoms with E-state index in [0.717, 1.165) is 24.7 Å². The number of aryl methyl sites for hydroxylation is 1. The SMILES string of the molecule is CCNC(=NCC(C)c1ccc(F)cc1F)NC1CCc2nc(COC)nn2C1. The lowest BCUT2D eigenvalue weighted by molar-refractivity contribution is 0.177. The predicted octanol–water partition coefficient (Wildman–Crippen LogP) is 2.38. The number of benzene rings is 1. The Hall–Kier alpha value is -2.55. The van der Waals surface area contributed by atoms with Gasteiger partial charge >= 0.3 is 0 Å². The lowest BCUT2D eigenvalue weighted by atomic mass is 10.0. The average Bonchev–Trinajstić information content (AvgIpc) is 3.08. The maximum absolute atomic E-state index is 14.0. The summed E-state index contributed by atoms with van der Waals surface area (Å²) < 4.78 is 34.1. The Bertz CT molecular complexity index is 853. The van der Waals surface area contributed by atoms with E-state index in [9.17, 15) is 8.78 Å². The van der Waals surface area contributed by atoms with E-state index in [-0.39, 0.29) is 12.0 Å². The summed E-state index contributed by atoms with van der Waals surface area (Å²) in [5, 5.41) is 11.1. The van der Waals surface area contributed by atoms with Crippen molar-refractivity contribution in [1.82, 2.24) is 25.4 Å². The van der Waals surface area contributed by atoms with Crippen LogP contribution in [0.5, 0.6) is 0 Å². The third-order valence-electron chi connectivity index (χ3n) is 4.88. The van der Waals surface area contributed by atoms with Crippen molar-refractivity contribution in [2.45, 2.75) is 51.8 Å². The summed E-state index contributed by atoms with van der Waals surface area (Å²) in [6.45, 7) is 6.07. The van der Waals surface area contributed by atoms with E-state index in [1.165, 1.54) is 12.1 Å². The molecule has 0 fully saturated rings. The zero-order valence-electron chi connectivity index (χ0n) is 17.1. The first kappa shape index (κ1) is 21.2. The van der Waals surface area contributed by atoms with Crippen molar-refractivity contribution in [3.63, 3.8) is 0 Å². The molecule has 1 aliphatic heterocycles. The van der Waals surface area contributed by atoms with Gasteiger partial charge in [0.05, 0.1) is 6.54 Å². The van der Waals surface area contributed by atoms with Crippen molar-refractivity contribution in [2.75, 3.05) is 20.2 Å². The molecule has 0 amide bonds. The molecule has 1 aromatic carbocycles. The summed E-state index contributed by atoms with van der Waals surface area (Å²) in [6.07, 6.45) is 1.74. The van der Waals surface area contributed by atoms with Gasteiger partial charge in [0.15, 0.2) is 11.8 Å². The summed E-state index contributed by atoms with van der Waals surface area (Å²) in [4.78, 5) is 9.10. The summed E-state index contributed by atoms with van der Waals surface area (Å²) in [6, 6.07) is 3.83. The molecule has 2 aromatic rings. The number of hydrogen-bond donors (Lipinski definition) is 2. The number of methoxy groups -OCH3 is 1. The number of ether oxygens (including phenoxy) is 1. The van der Waals surface area contributed by atoms with Crippen LogP contribution in [-0.4, -0.2) is 47.0 Å². The highest BCUT2D eigenvalue weighted by Crippen LogP contribution is 2.20. The molecule has 0 bridgehead atoms. The predicted molar refractivity (Wildman–Crippen MR) is 107 cm³/mol. The van der Waals surface area contributed by atoms with E-state index in [0.29, 0.717) is 43.6 Å². The van der Waals surface area contributed by atoms with Gasteiger partial charge in [-0.05, 0) is 25.0 Å². The van der Waals surface area contributed by atoms with Crippen molar-refractivity contribution in [1.29, 1.82) is 0 Å². The van der Waals surface area contributed by atoms with E-state index in [1.807, 2.05) is 18.5 Å². The van der Waals surface area contributed by atoms with Crippen LogP contribution < -0.4 is 10.6 Å². The maximum atomic E-state index is 14.0. The Labute approximate surface area is 169 Å². The van der Waals surface area contributed by atoms with Gasteiger partial charge in [0.2, 0.25) is 0 Å². The number of nitrogens with zero attached hydrogens (tertiary/aromatic N) is 4. The second-order valence-electron chi connectivity index (χ2n) is 7.23. The minimum Gasteiger partial charge on any atom is -0.377 e. The number of fused-ring (bicyclic) bond motifs is 1. The first-order valence-corrected chi connectivity index (χ1v) is 9.91. The van der Waals surface area contributed by atoms with Gasteiger partial charge in [-0.3, -0.25) is 4.99 Å². The third kappa shape index (κ3) is 5.50. The number of hydrogen-bond acceptors (Lipinski definition) is 4. The molecule has 9 heteroatoms. The second kappa shape index (κ2) is 9.78. The average molecular weight is 406 g/mol. The summed E-state index contributed by atoms with van der Waals surface area (Å²) in [7, 11) is 1.63. The Balaban J connectivity index is 1.63. The standard InChI is InChI=1S/C20H28F2N6O/c1-4-23-20(24-10-13(2)16-7-5-14(21)9-17(16)22)25-15-6-8-19-26-18(12-29-3)27-28(19)11-15/h5,7,9,13,15H,4,6,8,10-12H2,1-3H3,(H2,23,24,25). The number of nitrogens with one attached hydrogen (secondary N) is 2. The zero-order valence-corrected chi connectivity index (χ0v) is 17.1. The van der Waals surface area contributed by atoms with Gasteiger partial charge in [0.1, 0.15) is 24.1 Å². The molecule has 7 nitrogen and oxygen atoms in total. The fourth-order valence-corrected chi connectivity index (χ4v) is 3.41. The molecule has 0 radical (unpaired) electrons. The van der Waals surface area contributed by atoms with Crippen molar-refractivity contribution in [3.05, 3.63) is 47.0 Å². The fourth-order valence-electron chi connectivity index (χ4n) is 3.41. The number of aromatic nitrogens is 3. The number of aliphatic imine (C=N–C) groups is 1. The largest absolute Gasteiger partial charge is 0.377 e. The smallest absolute Gasteiger partial charge is 0.191 e. The molecule has 158 valence electrons. The van der Waals surface area contributed by atoms with E-state index in [4.69, 9.17) is 4.74 Å². The van der Waals surface area contributed by atoms with Crippen LogP contribution >= 0.6 is 0 Å². The summed E-state index contributed by atoms with van der Waals surface area (Å²) >= 11 is 0. The highest BCUT2D eigenvalue weighted by molar-refractivity contribution is 5.80. The molecule has 2 heterocycles. The molecule has 0 saturated carbocycles. The molecule has 0 saturated heterocycles. The van der Waals surface area contributed by atoms with Crippen molar-refractivity contribution < 1.29 is 13.5 Å². The Morgan fingerprint density at radius 1 is 1.41 bits per heavy atom. The number of rotatable bonds is 7. The molecule has 0 aliphatic carbocycles. The minimum absolute atomic E-state index is 0.162. The molecule has 2 unspecified atom stereocenters. The van der Waals surface area contributed by atoms with Crippen LogP contribution in [0, 0.1) is 11.6 Å².